The highest BCUT2D eigenvalue weighted by molar-refractivity contribution is 7.09. The van der Waals surface area contributed by atoms with Crippen molar-refractivity contribution in [3.63, 3.8) is 0 Å². The zero-order valence-corrected chi connectivity index (χ0v) is 21.4. The standard InChI is InChI=1S/C27H36FN3O3S/c1-16(25(33)29-15-20-8-5-13-35-20)21-9-11-27(3)12-10-22(17(2)23(27)24(21)32)31-26(34)30-19-7-4-6-18(28)14-19/h4-8,13-14,16-17,21-24,32H,9-12,15H2,1-3H3,(H,29,33)(H2,30,31,34)/t16-,17+,21?,22-,23+,24-,27-/m0/s1. The SMILES string of the molecule is C[C@H]1[C@@H]2[C@@H](O)C([C@H](C)C(=O)NCc3cccs3)CC[C@@]2(C)CC[C@@H]1NC(=O)Nc1cccc(F)c1. The Balaban J connectivity index is 1.39. The maximum atomic E-state index is 13.5. The van der Waals surface area contributed by atoms with Crippen molar-refractivity contribution < 1.29 is 19.1 Å². The minimum Gasteiger partial charge on any atom is -0.392 e. The van der Waals surface area contributed by atoms with Crippen LogP contribution in [0.25, 0.3) is 0 Å². The molecule has 0 saturated heterocycles. The Bertz CT molecular complexity index is 1030. The number of halogens is 1. The lowest BCUT2D eigenvalue weighted by Crippen LogP contribution is -2.58. The van der Waals surface area contributed by atoms with Gasteiger partial charge in [0.25, 0.3) is 0 Å². The zero-order valence-electron chi connectivity index (χ0n) is 20.6. The van der Waals surface area contributed by atoms with Gasteiger partial charge in [0, 0.05) is 22.5 Å². The maximum absolute atomic E-state index is 13.5. The first-order valence-electron chi connectivity index (χ1n) is 12.5. The van der Waals surface area contributed by atoms with E-state index in [1.165, 1.54) is 12.1 Å². The summed E-state index contributed by atoms with van der Waals surface area (Å²) >= 11 is 1.61. The Kier molecular flexibility index (Phi) is 7.81. The number of aliphatic hydroxyl groups is 1. The summed E-state index contributed by atoms with van der Waals surface area (Å²) in [6.45, 7) is 6.74. The Hall–Kier alpha value is -2.45. The quantitative estimate of drug-likeness (QED) is 0.441. The van der Waals surface area contributed by atoms with Crippen molar-refractivity contribution in [2.24, 2.45) is 29.1 Å². The number of nitrogens with one attached hydrogen (secondary N) is 3. The molecule has 2 fully saturated rings. The summed E-state index contributed by atoms with van der Waals surface area (Å²) in [6, 6.07) is 9.28. The van der Waals surface area contributed by atoms with Crippen LogP contribution >= 0.6 is 11.3 Å². The number of aliphatic hydroxyl groups excluding tert-OH is 1. The normalized spacial score (nSPS) is 31.2. The van der Waals surface area contributed by atoms with Crippen LogP contribution in [0.2, 0.25) is 0 Å². The van der Waals surface area contributed by atoms with Gasteiger partial charge in [-0.15, -0.1) is 11.3 Å². The molecule has 8 heteroatoms. The third kappa shape index (κ3) is 5.70. The van der Waals surface area contributed by atoms with Crippen molar-refractivity contribution in [3.8, 4) is 0 Å². The first-order valence-corrected chi connectivity index (χ1v) is 13.4. The lowest BCUT2D eigenvalue weighted by molar-refractivity contribution is -0.142. The largest absolute Gasteiger partial charge is 0.392 e. The molecule has 0 spiro atoms. The molecule has 4 rings (SSSR count). The summed E-state index contributed by atoms with van der Waals surface area (Å²) in [5.41, 5.74) is 0.371. The number of urea groups is 1. The topological polar surface area (TPSA) is 90.5 Å². The molecule has 0 bridgehead atoms. The van der Waals surface area contributed by atoms with Gasteiger partial charge in [-0.1, -0.05) is 32.9 Å². The molecule has 35 heavy (non-hydrogen) atoms. The van der Waals surface area contributed by atoms with Crippen LogP contribution in [-0.2, 0) is 11.3 Å². The average molecular weight is 502 g/mol. The molecule has 3 amide bonds. The molecule has 2 aliphatic carbocycles. The van der Waals surface area contributed by atoms with Crippen LogP contribution in [-0.4, -0.2) is 29.2 Å². The Labute approximate surface area is 210 Å². The van der Waals surface area contributed by atoms with Crippen molar-refractivity contribution in [1.82, 2.24) is 10.6 Å². The van der Waals surface area contributed by atoms with Gasteiger partial charge < -0.3 is 21.1 Å². The third-order valence-corrected chi connectivity index (χ3v) is 9.24. The predicted octanol–water partition coefficient (Wildman–Crippen LogP) is 5.15. The van der Waals surface area contributed by atoms with E-state index in [1.54, 1.807) is 23.5 Å². The summed E-state index contributed by atoms with van der Waals surface area (Å²) < 4.78 is 13.5. The van der Waals surface area contributed by atoms with Gasteiger partial charge in [0.05, 0.1) is 12.6 Å². The number of amides is 3. The smallest absolute Gasteiger partial charge is 0.319 e. The molecule has 1 heterocycles. The highest BCUT2D eigenvalue weighted by Crippen LogP contribution is 2.55. The number of benzene rings is 1. The van der Waals surface area contributed by atoms with Gasteiger partial charge >= 0.3 is 6.03 Å². The van der Waals surface area contributed by atoms with E-state index in [1.807, 2.05) is 24.4 Å². The number of hydrogen-bond donors (Lipinski definition) is 4. The molecule has 4 N–H and O–H groups in total. The Morgan fingerprint density at radius 1 is 1.23 bits per heavy atom. The van der Waals surface area contributed by atoms with Crippen molar-refractivity contribution in [3.05, 3.63) is 52.5 Å². The van der Waals surface area contributed by atoms with E-state index in [2.05, 4.69) is 29.8 Å². The second-order valence-electron chi connectivity index (χ2n) is 10.6. The fourth-order valence-electron chi connectivity index (χ4n) is 6.34. The highest BCUT2D eigenvalue weighted by atomic mass is 32.1. The van der Waals surface area contributed by atoms with Crippen LogP contribution in [0, 0.1) is 34.9 Å². The van der Waals surface area contributed by atoms with Gasteiger partial charge in [0.15, 0.2) is 0 Å². The maximum Gasteiger partial charge on any atom is 0.319 e. The van der Waals surface area contributed by atoms with Gasteiger partial charge in [-0.05, 0) is 78.5 Å². The van der Waals surface area contributed by atoms with Crippen LogP contribution in [0.1, 0.15) is 51.3 Å². The highest BCUT2D eigenvalue weighted by Gasteiger charge is 2.53. The molecular weight excluding hydrogens is 465 g/mol. The average Bonchev–Trinajstić information content (AvgIpc) is 3.33. The molecule has 2 aromatic rings. The second kappa shape index (κ2) is 10.7. The molecule has 1 aromatic heterocycles. The summed E-state index contributed by atoms with van der Waals surface area (Å²) in [5.74, 6) is -0.855. The summed E-state index contributed by atoms with van der Waals surface area (Å²) in [6.07, 6.45) is 2.86. The number of anilines is 1. The van der Waals surface area contributed by atoms with Crippen molar-refractivity contribution in [2.45, 2.75) is 65.1 Å². The zero-order chi connectivity index (χ0) is 25.2. The number of carbonyl (C=O) groups excluding carboxylic acids is 2. The van der Waals surface area contributed by atoms with E-state index in [0.717, 1.165) is 30.6 Å². The number of fused-ring (bicyclic) bond motifs is 1. The first kappa shape index (κ1) is 25.6. The van der Waals surface area contributed by atoms with Crippen LogP contribution in [0.4, 0.5) is 14.9 Å². The molecular formula is C27H36FN3O3S. The fraction of sp³-hybridized carbons (Fsp3) is 0.556. The Morgan fingerprint density at radius 3 is 2.71 bits per heavy atom. The van der Waals surface area contributed by atoms with E-state index in [0.29, 0.717) is 12.2 Å². The molecule has 1 aromatic carbocycles. The van der Waals surface area contributed by atoms with E-state index >= 15 is 0 Å². The molecule has 7 atom stereocenters. The first-order chi connectivity index (χ1) is 16.7. The van der Waals surface area contributed by atoms with Crippen molar-refractivity contribution in [1.29, 1.82) is 0 Å². The van der Waals surface area contributed by atoms with Crippen LogP contribution in [0.15, 0.2) is 41.8 Å². The molecule has 1 unspecified atom stereocenters. The molecule has 2 aliphatic rings. The minimum absolute atomic E-state index is 0.0259. The third-order valence-electron chi connectivity index (χ3n) is 8.36. The molecule has 6 nitrogen and oxygen atoms in total. The van der Waals surface area contributed by atoms with E-state index in [-0.39, 0.29) is 47.1 Å². The van der Waals surface area contributed by atoms with Crippen molar-refractivity contribution >= 4 is 29.0 Å². The van der Waals surface area contributed by atoms with Gasteiger partial charge in [0.1, 0.15) is 5.82 Å². The molecule has 0 aliphatic heterocycles. The number of rotatable bonds is 6. The van der Waals surface area contributed by atoms with Gasteiger partial charge in [-0.3, -0.25) is 4.79 Å². The van der Waals surface area contributed by atoms with Gasteiger partial charge in [0.2, 0.25) is 5.91 Å². The number of carbonyl (C=O) groups is 2. The monoisotopic (exact) mass is 501 g/mol. The predicted molar refractivity (Wildman–Crippen MR) is 136 cm³/mol. The molecule has 2 saturated carbocycles. The van der Waals surface area contributed by atoms with E-state index < -0.39 is 11.9 Å². The van der Waals surface area contributed by atoms with E-state index in [9.17, 15) is 19.1 Å². The minimum atomic E-state index is -0.623. The lowest BCUT2D eigenvalue weighted by atomic mass is 9.52. The number of hydrogen-bond acceptors (Lipinski definition) is 4. The summed E-state index contributed by atoms with van der Waals surface area (Å²) in [5, 5.41) is 22.3. The fourth-order valence-corrected chi connectivity index (χ4v) is 6.99. The Morgan fingerprint density at radius 2 is 2.00 bits per heavy atom. The van der Waals surface area contributed by atoms with Crippen LogP contribution < -0.4 is 16.0 Å². The van der Waals surface area contributed by atoms with Gasteiger partial charge in [-0.25, -0.2) is 9.18 Å². The second-order valence-corrected chi connectivity index (χ2v) is 11.6. The summed E-state index contributed by atoms with van der Waals surface area (Å²) in [7, 11) is 0. The number of thiophene rings is 1. The summed E-state index contributed by atoms with van der Waals surface area (Å²) in [4.78, 5) is 26.6. The van der Waals surface area contributed by atoms with Crippen LogP contribution in [0.3, 0.4) is 0 Å². The van der Waals surface area contributed by atoms with Crippen molar-refractivity contribution in [2.75, 3.05) is 5.32 Å². The molecule has 190 valence electrons. The van der Waals surface area contributed by atoms with Gasteiger partial charge in [-0.2, -0.15) is 0 Å². The lowest BCUT2D eigenvalue weighted by Gasteiger charge is -2.56. The van der Waals surface area contributed by atoms with E-state index in [4.69, 9.17) is 0 Å². The van der Waals surface area contributed by atoms with Crippen LogP contribution in [0.5, 0.6) is 0 Å². The molecule has 0 radical (unpaired) electrons.